The summed E-state index contributed by atoms with van der Waals surface area (Å²) in [6.07, 6.45) is 3.62. The Bertz CT molecular complexity index is 519. The molecular formula is C14H14ClN3O. The molecule has 19 heavy (non-hydrogen) atoms. The van der Waals surface area contributed by atoms with Gasteiger partial charge in [0.2, 0.25) is 0 Å². The number of amides is 1. The Kier molecular flexibility index (Phi) is 4.86. The maximum atomic E-state index is 12.0. The summed E-state index contributed by atoms with van der Waals surface area (Å²) < 4.78 is 0. The topological polar surface area (TPSA) is 54.9 Å². The highest BCUT2D eigenvalue weighted by Gasteiger charge is 2.13. The Balaban J connectivity index is 1.98. The van der Waals surface area contributed by atoms with Crippen LogP contribution in [-0.4, -0.2) is 28.0 Å². The van der Waals surface area contributed by atoms with Crippen molar-refractivity contribution in [2.75, 3.05) is 5.88 Å². The Hall–Kier alpha value is -1.94. The van der Waals surface area contributed by atoms with Gasteiger partial charge in [0.15, 0.2) is 0 Å². The number of hydrogen-bond acceptors (Lipinski definition) is 3. The SMILES string of the molecule is O=C(NC(CCl)Cc1ccccc1)c1ccnnc1. The van der Waals surface area contributed by atoms with E-state index in [-0.39, 0.29) is 11.9 Å². The monoisotopic (exact) mass is 275 g/mol. The molecule has 0 bridgehead atoms. The zero-order valence-electron chi connectivity index (χ0n) is 10.3. The van der Waals surface area contributed by atoms with Gasteiger partial charge < -0.3 is 5.32 Å². The zero-order valence-corrected chi connectivity index (χ0v) is 11.0. The molecule has 1 aromatic heterocycles. The first kappa shape index (κ1) is 13.5. The standard InChI is InChI=1S/C14H14ClN3O/c15-9-13(8-11-4-2-1-3-5-11)18-14(19)12-6-7-16-17-10-12/h1-7,10,13H,8-9H2,(H,18,19). The van der Waals surface area contributed by atoms with Crippen LogP contribution < -0.4 is 5.32 Å². The Morgan fingerprint density at radius 1 is 1.21 bits per heavy atom. The first-order valence-electron chi connectivity index (χ1n) is 5.97. The third kappa shape index (κ3) is 4.03. The van der Waals surface area contributed by atoms with Crippen molar-refractivity contribution in [2.45, 2.75) is 12.5 Å². The maximum Gasteiger partial charge on any atom is 0.253 e. The molecule has 1 heterocycles. The van der Waals surface area contributed by atoms with E-state index in [1.807, 2.05) is 30.3 Å². The molecule has 0 aliphatic carbocycles. The number of hydrogen-bond donors (Lipinski definition) is 1. The predicted molar refractivity (Wildman–Crippen MR) is 74.2 cm³/mol. The molecule has 2 rings (SSSR count). The van der Waals surface area contributed by atoms with E-state index in [4.69, 9.17) is 11.6 Å². The molecule has 1 N–H and O–H groups in total. The van der Waals surface area contributed by atoms with Gasteiger partial charge in [-0.15, -0.1) is 11.6 Å². The van der Waals surface area contributed by atoms with Crippen LogP contribution in [0, 0.1) is 0 Å². The highest BCUT2D eigenvalue weighted by molar-refractivity contribution is 6.18. The summed E-state index contributed by atoms with van der Waals surface area (Å²) in [4.78, 5) is 12.0. The van der Waals surface area contributed by atoms with Crippen molar-refractivity contribution in [3.63, 3.8) is 0 Å². The maximum absolute atomic E-state index is 12.0. The second kappa shape index (κ2) is 6.85. The minimum Gasteiger partial charge on any atom is -0.348 e. The van der Waals surface area contributed by atoms with Crippen molar-refractivity contribution in [3.05, 3.63) is 59.9 Å². The molecule has 1 atom stereocenters. The van der Waals surface area contributed by atoms with E-state index in [2.05, 4.69) is 15.5 Å². The summed E-state index contributed by atoms with van der Waals surface area (Å²) in [5.74, 6) is 0.176. The number of nitrogens with zero attached hydrogens (tertiary/aromatic N) is 2. The minimum atomic E-state index is -0.184. The molecule has 0 saturated heterocycles. The van der Waals surface area contributed by atoms with Gasteiger partial charge in [0.1, 0.15) is 0 Å². The lowest BCUT2D eigenvalue weighted by Gasteiger charge is -2.16. The molecule has 0 fully saturated rings. The zero-order chi connectivity index (χ0) is 13.5. The normalized spacial score (nSPS) is 11.8. The lowest BCUT2D eigenvalue weighted by molar-refractivity contribution is 0.0940. The van der Waals surface area contributed by atoms with Gasteiger partial charge in [0.25, 0.3) is 5.91 Å². The molecule has 98 valence electrons. The van der Waals surface area contributed by atoms with Gasteiger partial charge in [-0.25, -0.2) is 0 Å². The highest BCUT2D eigenvalue weighted by Crippen LogP contribution is 2.05. The predicted octanol–water partition coefficient (Wildman–Crippen LogP) is 2.06. The molecule has 1 aromatic carbocycles. The molecule has 4 nitrogen and oxygen atoms in total. The Morgan fingerprint density at radius 2 is 2.00 bits per heavy atom. The summed E-state index contributed by atoms with van der Waals surface area (Å²) in [7, 11) is 0. The van der Waals surface area contributed by atoms with Crippen molar-refractivity contribution >= 4 is 17.5 Å². The minimum absolute atomic E-state index is 0.107. The van der Waals surface area contributed by atoms with Gasteiger partial charge >= 0.3 is 0 Å². The number of carbonyl (C=O) groups is 1. The Morgan fingerprint density at radius 3 is 2.63 bits per heavy atom. The van der Waals surface area contributed by atoms with Gasteiger partial charge in [-0.3, -0.25) is 4.79 Å². The summed E-state index contributed by atoms with van der Waals surface area (Å²) in [6, 6.07) is 11.4. The molecule has 0 aliphatic heterocycles. The molecule has 0 aliphatic rings. The van der Waals surface area contributed by atoms with Gasteiger partial charge in [-0.05, 0) is 18.1 Å². The van der Waals surface area contributed by atoms with Crippen LogP contribution >= 0.6 is 11.6 Å². The summed E-state index contributed by atoms with van der Waals surface area (Å²) in [5.41, 5.74) is 1.62. The van der Waals surface area contributed by atoms with Crippen LogP contribution in [0.5, 0.6) is 0 Å². The number of benzene rings is 1. The van der Waals surface area contributed by atoms with Crippen LogP contribution in [-0.2, 0) is 6.42 Å². The molecule has 0 spiro atoms. The Labute approximate surface area is 116 Å². The fraction of sp³-hybridized carbons (Fsp3) is 0.214. The van der Waals surface area contributed by atoms with Crippen LogP contribution in [0.25, 0.3) is 0 Å². The van der Waals surface area contributed by atoms with E-state index in [1.165, 1.54) is 12.4 Å². The summed E-state index contributed by atoms with van der Waals surface area (Å²) in [6.45, 7) is 0. The highest BCUT2D eigenvalue weighted by atomic mass is 35.5. The van der Waals surface area contributed by atoms with Gasteiger partial charge in [-0.2, -0.15) is 10.2 Å². The molecular weight excluding hydrogens is 262 g/mol. The second-order valence-electron chi connectivity index (χ2n) is 4.15. The van der Waals surface area contributed by atoms with Crippen LogP contribution in [0.2, 0.25) is 0 Å². The van der Waals surface area contributed by atoms with E-state index in [1.54, 1.807) is 6.07 Å². The van der Waals surface area contributed by atoms with Crippen LogP contribution in [0.4, 0.5) is 0 Å². The number of halogens is 1. The van der Waals surface area contributed by atoms with Gasteiger partial charge in [-0.1, -0.05) is 30.3 Å². The smallest absolute Gasteiger partial charge is 0.253 e. The van der Waals surface area contributed by atoms with Crippen molar-refractivity contribution in [2.24, 2.45) is 0 Å². The molecule has 1 unspecified atom stereocenters. The molecule has 0 saturated carbocycles. The van der Waals surface area contributed by atoms with Crippen molar-refractivity contribution in [1.82, 2.24) is 15.5 Å². The van der Waals surface area contributed by atoms with Crippen LogP contribution in [0.3, 0.4) is 0 Å². The number of nitrogens with one attached hydrogen (secondary N) is 1. The first-order valence-corrected chi connectivity index (χ1v) is 6.50. The average molecular weight is 276 g/mol. The van der Waals surface area contributed by atoms with E-state index < -0.39 is 0 Å². The van der Waals surface area contributed by atoms with Gasteiger partial charge in [0.05, 0.1) is 18.0 Å². The third-order valence-corrected chi connectivity index (χ3v) is 3.07. The summed E-state index contributed by atoms with van der Waals surface area (Å²) in [5, 5.41) is 10.2. The molecule has 1 amide bonds. The first-order chi connectivity index (χ1) is 9.29. The van der Waals surface area contributed by atoms with Crippen molar-refractivity contribution in [3.8, 4) is 0 Å². The van der Waals surface area contributed by atoms with Crippen LogP contribution in [0.1, 0.15) is 15.9 Å². The fourth-order valence-corrected chi connectivity index (χ4v) is 1.92. The lowest BCUT2D eigenvalue weighted by Crippen LogP contribution is -2.37. The number of carbonyl (C=O) groups excluding carboxylic acids is 1. The molecule has 0 radical (unpaired) electrons. The lowest BCUT2D eigenvalue weighted by atomic mass is 10.1. The van der Waals surface area contributed by atoms with E-state index in [0.717, 1.165) is 5.56 Å². The van der Waals surface area contributed by atoms with Crippen molar-refractivity contribution < 1.29 is 4.79 Å². The number of aromatic nitrogens is 2. The van der Waals surface area contributed by atoms with Crippen LogP contribution in [0.15, 0.2) is 48.8 Å². The molecule has 5 heteroatoms. The van der Waals surface area contributed by atoms with Crippen molar-refractivity contribution in [1.29, 1.82) is 0 Å². The van der Waals surface area contributed by atoms with Gasteiger partial charge in [0, 0.05) is 11.9 Å². The van der Waals surface area contributed by atoms with E-state index >= 15 is 0 Å². The quantitative estimate of drug-likeness (QED) is 0.850. The number of alkyl halides is 1. The largest absolute Gasteiger partial charge is 0.348 e. The van der Waals surface area contributed by atoms with E-state index in [9.17, 15) is 4.79 Å². The third-order valence-electron chi connectivity index (χ3n) is 2.69. The second-order valence-corrected chi connectivity index (χ2v) is 4.45. The fourth-order valence-electron chi connectivity index (χ4n) is 1.74. The summed E-state index contributed by atoms with van der Waals surface area (Å²) >= 11 is 5.91. The average Bonchev–Trinajstić information content (AvgIpc) is 2.48. The number of rotatable bonds is 5. The van der Waals surface area contributed by atoms with E-state index in [0.29, 0.717) is 17.9 Å². The molecule has 2 aromatic rings.